The summed E-state index contributed by atoms with van der Waals surface area (Å²) < 4.78 is 5.46. The molecular formula is C21H38O3. The maximum atomic E-state index is 12.5. The van der Waals surface area contributed by atoms with Crippen molar-refractivity contribution in [2.24, 2.45) is 17.8 Å². The Morgan fingerprint density at radius 1 is 1.25 bits per heavy atom. The molecule has 0 saturated carbocycles. The van der Waals surface area contributed by atoms with Crippen LogP contribution in [0.5, 0.6) is 0 Å². The lowest BCUT2D eigenvalue weighted by molar-refractivity contribution is -0.123. The molecule has 0 unspecified atom stereocenters. The van der Waals surface area contributed by atoms with Crippen molar-refractivity contribution in [3.05, 3.63) is 24.3 Å². The highest BCUT2D eigenvalue weighted by atomic mass is 16.5. The number of aliphatic hydroxyl groups excluding tert-OH is 1. The highest BCUT2D eigenvalue weighted by molar-refractivity contribution is 5.83. The summed E-state index contributed by atoms with van der Waals surface area (Å²) in [6, 6.07) is 0. The number of hydrogen-bond donors (Lipinski definition) is 1. The number of hydrogen-bond acceptors (Lipinski definition) is 3. The number of carbonyl (C=O) groups excluding carboxylic acids is 1. The van der Waals surface area contributed by atoms with Gasteiger partial charge in [0.1, 0.15) is 5.78 Å². The molecule has 1 N–H and O–H groups in total. The molecule has 0 fully saturated rings. The summed E-state index contributed by atoms with van der Waals surface area (Å²) in [4.78, 5) is 12.5. The van der Waals surface area contributed by atoms with Crippen molar-refractivity contribution < 1.29 is 14.6 Å². The maximum absolute atomic E-state index is 12.5. The van der Waals surface area contributed by atoms with Crippen LogP contribution in [0.25, 0.3) is 0 Å². The first-order valence-corrected chi connectivity index (χ1v) is 9.26. The number of Topliss-reactive ketones (excluding diaryl/α,β-unsaturated/α-hetero) is 1. The van der Waals surface area contributed by atoms with Gasteiger partial charge in [0.25, 0.3) is 0 Å². The lowest BCUT2D eigenvalue weighted by Gasteiger charge is -2.20. The molecule has 0 rings (SSSR count). The molecule has 0 aromatic rings. The van der Waals surface area contributed by atoms with Crippen molar-refractivity contribution in [3.63, 3.8) is 0 Å². The second kappa shape index (κ2) is 12.4. The monoisotopic (exact) mass is 338 g/mol. The number of methoxy groups -OCH3 is 1. The molecule has 0 heterocycles. The van der Waals surface area contributed by atoms with E-state index in [2.05, 4.69) is 33.4 Å². The van der Waals surface area contributed by atoms with Gasteiger partial charge < -0.3 is 9.84 Å². The van der Waals surface area contributed by atoms with Gasteiger partial charge in [-0.15, -0.1) is 6.58 Å². The van der Waals surface area contributed by atoms with Gasteiger partial charge in [-0.05, 0) is 44.4 Å². The van der Waals surface area contributed by atoms with Gasteiger partial charge >= 0.3 is 0 Å². The van der Waals surface area contributed by atoms with Crippen molar-refractivity contribution in [1.29, 1.82) is 0 Å². The molecule has 0 aliphatic heterocycles. The average Bonchev–Trinajstić information content (AvgIpc) is 2.51. The van der Waals surface area contributed by atoms with Gasteiger partial charge in [-0.25, -0.2) is 0 Å². The largest absolute Gasteiger partial charge is 0.392 e. The summed E-state index contributed by atoms with van der Waals surface area (Å²) in [6.07, 6.45) is 7.47. The molecule has 24 heavy (non-hydrogen) atoms. The molecule has 0 bridgehead atoms. The summed E-state index contributed by atoms with van der Waals surface area (Å²) >= 11 is 0. The van der Waals surface area contributed by atoms with E-state index < -0.39 is 6.10 Å². The third-order valence-electron chi connectivity index (χ3n) is 4.62. The zero-order valence-electron chi connectivity index (χ0n) is 16.5. The van der Waals surface area contributed by atoms with Crippen LogP contribution in [0, 0.1) is 17.8 Å². The van der Waals surface area contributed by atoms with E-state index in [1.165, 1.54) is 5.57 Å². The number of ketones is 1. The fourth-order valence-corrected chi connectivity index (χ4v) is 2.99. The van der Waals surface area contributed by atoms with Crippen LogP contribution in [0.3, 0.4) is 0 Å². The summed E-state index contributed by atoms with van der Waals surface area (Å²) in [5, 5.41) is 9.97. The predicted molar refractivity (Wildman–Crippen MR) is 102 cm³/mol. The highest BCUT2D eigenvalue weighted by Gasteiger charge is 2.21. The van der Waals surface area contributed by atoms with Crippen LogP contribution in [-0.2, 0) is 9.53 Å². The molecule has 0 amide bonds. The van der Waals surface area contributed by atoms with Crippen LogP contribution >= 0.6 is 0 Å². The predicted octanol–water partition coefficient (Wildman–Crippen LogP) is 4.94. The van der Waals surface area contributed by atoms with Crippen LogP contribution in [0.15, 0.2) is 24.3 Å². The van der Waals surface area contributed by atoms with E-state index in [-0.39, 0.29) is 24.0 Å². The molecule has 4 atom stereocenters. The molecule has 0 spiro atoms. The van der Waals surface area contributed by atoms with Crippen molar-refractivity contribution >= 4 is 5.78 Å². The minimum atomic E-state index is -0.565. The Morgan fingerprint density at radius 2 is 1.88 bits per heavy atom. The molecule has 3 heteroatoms. The van der Waals surface area contributed by atoms with Crippen LogP contribution in [0.1, 0.15) is 66.7 Å². The molecule has 0 aliphatic carbocycles. The summed E-state index contributed by atoms with van der Waals surface area (Å²) in [7, 11) is 1.77. The molecule has 0 aromatic carbocycles. The lowest BCUT2D eigenvalue weighted by atomic mass is 9.88. The topological polar surface area (TPSA) is 46.5 Å². The van der Waals surface area contributed by atoms with Gasteiger partial charge in [0.15, 0.2) is 0 Å². The number of rotatable bonds is 13. The number of ether oxygens (including phenoxy) is 1. The first kappa shape index (κ1) is 23.1. The molecule has 0 saturated heterocycles. The third-order valence-corrected chi connectivity index (χ3v) is 4.62. The Balaban J connectivity index is 4.78. The normalized spacial score (nSPS) is 17.4. The second-order valence-electron chi connectivity index (χ2n) is 7.44. The van der Waals surface area contributed by atoms with E-state index in [0.717, 1.165) is 19.3 Å². The van der Waals surface area contributed by atoms with Crippen molar-refractivity contribution in [2.45, 2.75) is 78.9 Å². The van der Waals surface area contributed by atoms with Gasteiger partial charge in [0.2, 0.25) is 0 Å². The number of carbonyl (C=O) groups is 1. The summed E-state index contributed by atoms with van der Waals surface area (Å²) in [6.45, 7) is 14.1. The van der Waals surface area contributed by atoms with Crippen molar-refractivity contribution in [3.8, 4) is 0 Å². The molecule has 0 aliphatic rings. The Labute approximate surface area is 149 Å². The van der Waals surface area contributed by atoms with Gasteiger partial charge in [-0.2, -0.15) is 0 Å². The van der Waals surface area contributed by atoms with E-state index in [0.29, 0.717) is 18.4 Å². The molecule has 3 nitrogen and oxygen atoms in total. The minimum Gasteiger partial charge on any atom is -0.392 e. The number of aliphatic hydroxyl groups is 1. The third kappa shape index (κ3) is 9.39. The van der Waals surface area contributed by atoms with E-state index in [4.69, 9.17) is 4.74 Å². The number of allylic oxidation sites excluding steroid dienone is 3. The Hall–Kier alpha value is -0.930. The van der Waals surface area contributed by atoms with Crippen molar-refractivity contribution in [2.75, 3.05) is 7.11 Å². The minimum absolute atomic E-state index is 0.100. The van der Waals surface area contributed by atoms with Gasteiger partial charge in [-0.1, -0.05) is 45.4 Å². The highest BCUT2D eigenvalue weighted by Crippen LogP contribution is 2.22. The first-order valence-electron chi connectivity index (χ1n) is 9.26. The first-order chi connectivity index (χ1) is 11.2. The molecule has 0 aromatic heterocycles. The van der Waals surface area contributed by atoms with Gasteiger partial charge in [0, 0.05) is 19.4 Å². The molecular weight excluding hydrogens is 300 g/mol. The Kier molecular flexibility index (Phi) is 12.0. The quantitative estimate of drug-likeness (QED) is 0.484. The SMILES string of the molecule is C=CC[C@H](/C=C(\C)C[C@H](C)C[C@@H](CC)OC)C(=O)C[C@H](O)C(C)C. The van der Waals surface area contributed by atoms with E-state index in [1.807, 2.05) is 13.8 Å². The fraction of sp³-hybridized carbons (Fsp3) is 0.762. The van der Waals surface area contributed by atoms with Crippen LogP contribution in [0.4, 0.5) is 0 Å². The Bertz CT molecular complexity index is 394. The van der Waals surface area contributed by atoms with Crippen LogP contribution in [-0.4, -0.2) is 30.2 Å². The maximum Gasteiger partial charge on any atom is 0.142 e. The standard InChI is InChI=1S/C21H38O3/c1-8-10-18(21(23)14-20(22)15(3)4)12-16(5)11-17(6)13-19(9-2)24-7/h8,12,15,17-20,22H,1,9-11,13-14H2,2-7H3/b16-12+/t17-,18+,19+,20-/m0/s1. The summed E-state index contributed by atoms with van der Waals surface area (Å²) in [5.41, 5.74) is 1.23. The molecule has 140 valence electrons. The second-order valence-corrected chi connectivity index (χ2v) is 7.44. The fourth-order valence-electron chi connectivity index (χ4n) is 2.99. The average molecular weight is 339 g/mol. The van der Waals surface area contributed by atoms with Crippen LogP contribution in [0.2, 0.25) is 0 Å². The van der Waals surface area contributed by atoms with E-state index in [1.54, 1.807) is 13.2 Å². The Morgan fingerprint density at radius 3 is 2.33 bits per heavy atom. The molecule has 0 radical (unpaired) electrons. The van der Waals surface area contributed by atoms with E-state index >= 15 is 0 Å². The smallest absolute Gasteiger partial charge is 0.142 e. The van der Waals surface area contributed by atoms with Crippen LogP contribution < -0.4 is 0 Å². The van der Waals surface area contributed by atoms with E-state index in [9.17, 15) is 9.90 Å². The van der Waals surface area contributed by atoms with Gasteiger partial charge in [0.05, 0.1) is 12.2 Å². The van der Waals surface area contributed by atoms with Crippen molar-refractivity contribution in [1.82, 2.24) is 0 Å². The zero-order valence-corrected chi connectivity index (χ0v) is 16.5. The van der Waals surface area contributed by atoms with Gasteiger partial charge in [-0.3, -0.25) is 4.79 Å². The zero-order chi connectivity index (χ0) is 18.7. The lowest BCUT2D eigenvalue weighted by Crippen LogP contribution is -2.23. The summed E-state index contributed by atoms with van der Waals surface area (Å²) in [5.74, 6) is 0.550.